The van der Waals surface area contributed by atoms with E-state index in [-0.39, 0.29) is 36.0 Å². The molecule has 2 aliphatic rings. The maximum absolute atomic E-state index is 13.0. The average molecular weight is 585 g/mol. The maximum atomic E-state index is 13.0. The molecule has 43 heavy (non-hydrogen) atoms. The summed E-state index contributed by atoms with van der Waals surface area (Å²) in [6.07, 6.45) is 0.712. The minimum Gasteiger partial charge on any atom is -0.506 e. The van der Waals surface area contributed by atoms with Crippen LogP contribution in [0.3, 0.4) is 0 Å². The van der Waals surface area contributed by atoms with Crippen molar-refractivity contribution in [2.75, 3.05) is 46.6 Å². The van der Waals surface area contributed by atoms with Gasteiger partial charge in [0.15, 0.2) is 0 Å². The van der Waals surface area contributed by atoms with Gasteiger partial charge in [0.25, 0.3) is 5.91 Å². The number of carbonyl (C=O) groups excluding carboxylic acids is 1. The Morgan fingerprint density at radius 1 is 0.930 bits per heavy atom. The summed E-state index contributed by atoms with van der Waals surface area (Å²) in [5, 5.41) is 28.6. The second-order valence-electron chi connectivity index (χ2n) is 11.1. The molecule has 10 N–H and O–H groups in total. The number of aliphatic hydroxyl groups excluding tert-OH is 1. The number of aromatic hydroxyl groups is 1. The number of carbonyl (C=O) groups is 1. The van der Waals surface area contributed by atoms with Crippen molar-refractivity contribution in [1.82, 2.24) is 15.0 Å². The molecule has 0 aliphatic carbocycles. The van der Waals surface area contributed by atoms with Gasteiger partial charge in [0.2, 0.25) is 17.8 Å². The van der Waals surface area contributed by atoms with Crippen LogP contribution in [-0.4, -0.2) is 81.5 Å². The molecule has 1 amide bonds. The van der Waals surface area contributed by atoms with Crippen molar-refractivity contribution in [3.63, 3.8) is 0 Å². The lowest BCUT2D eigenvalue weighted by molar-refractivity contribution is 0.102. The van der Waals surface area contributed by atoms with E-state index in [0.717, 1.165) is 11.8 Å². The van der Waals surface area contributed by atoms with Crippen molar-refractivity contribution in [2.24, 2.45) is 17.2 Å². The molecular formula is C30H36N10O3. The Hall–Kier alpha value is -4.56. The summed E-state index contributed by atoms with van der Waals surface area (Å²) in [5.74, 6) is 0.674. The van der Waals surface area contributed by atoms with E-state index in [9.17, 15) is 15.0 Å². The molecule has 13 nitrogen and oxygen atoms in total. The number of rotatable bonds is 7. The normalized spacial score (nSPS) is 22.1. The molecule has 3 heterocycles. The topological polar surface area (TPSA) is 205 Å². The number of aliphatic hydroxyl groups is 1. The number of aromatic nitrogens is 3. The van der Waals surface area contributed by atoms with Gasteiger partial charge in [0, 0.05) is 55.0 Å². The summed E-state index contributed by atoms with van der Waals surface area (Å²) in [5.41, 5.74) is 19.9. The highest BCUT2D eigenvalue weighted by Crippen LogP contribution is 2.30. The van der Waals surface area contributed by atoms with Crippen LogP contribution in [0.25, 0.3) is 10.8 Å². The molecule has 2 fully saturated rings. The number of phenolic OH excluding ortho intramolecular Hbond substituents is 1. The number of nitrogens with zero attached hydrogens (tertiary/aromatic N) is 5. The van der Waals surface area contributed by atoms with Crippen molar-refractivity contribution < 1.29 is 15.0 Å². The zero-order chi connectivity index (χ0) is 30.1. The number of hydrogen-bond donors (Lipinski definition) is 7. The fraction of sp³-hybridized carbons (Fsp3) is 0.333. The van der Waals surface area contributed by atoms with Crippen LogP contribution >= 0.6 is 0 Å². The van der Waals surface area contributed by atoms with Crippen molar-refractivity contribution >= 4 is 45.9 Å². The predicted molar refractivity (Wildman–Crippen MR) is 167 cm³/mol. The lowest BCUT2D eigenvalue weighted by Crippen LogP contribution is -2.53. The smallest absolute Gasteiger partial charge is 0.259 e. The molecule has 6 rings (SSSR count). The third kappa shape index (κ3) is 6.01. The average Bonchev–Trinajstić information content (AvgIpc) is 3.38. The van der Waals surface area contributed by atoms with Gasteiger partial charge in [-0.05, 0) is 48.6 Å². The van der Waals surface area contributed by atoms with Gasteiger partial charge in [0.1, 0.15) is 5.75 Å². The monoisotopic (exact) mass is 584 g/mol. The Bertz CT molecular complexity index is 1610. The highest BCUT2D eigenvalue weighted by Gasteiger charge is 2.35. The molecule has 2 aliphatic heterocycles. The lowest BCUT2D eigenvalue weighted by Gasteiger charge is -2.35. The quantitative estimate of drug-likeness (QED) is 0.165. The Morgan fingerprint density at radius 3 is 2.37 bits per heavy atom. The molecule has 1 aromatic heterocycles. The second kappa shape index (κ2) is 12.0. The highest BCUT2D eigenvalue weighted by molar-refractivity contribution is 6.09. The van der Waals surface area contributed by atoms with Crippen LogP contribution in [0.4, 0.5) is 29.2 Å². The van der Waals surface area contributed by atoms with Gasteiger partial charge in [-0.15, -0.1) is 0 Å². The van der Waals surface area contributed by atoms with Gasteiger partial charge in [0.05, 0.1) is 17.7 Å². The fourth-order valence-electron chi connectivity index (χ4n) is 5.79. The number of nitrogens with one attached hydrogen (secondary N) is 2. The van der Waals surface area contributed by atoms with Gasteiger partial charge in [-0.25, -0.2) is 0 Å². The van der Waals surface area contributed by atoms with Gasteiger partial charge < -0.3 is 47.8 Å². The summed E-state index contributed by atoms with van der Waals surface area (Å²) in [6.45, 7) is 1.93. The van der Waals surface area contributed by atoms with E-state index in [1.807, 2.05) is 28.0 Å². The summed E-state index contributed by atoms with van der Waals surface area (Å²) < 4.78 is 0. The van der Waals surface area contributed by atoms with Crippen molar-refractivity contribution in [2.45, 2.75) is 37.1 Å². The SMILES string of the molecule is NC[C@H]1[C@@H](O)CCN1c1nc(Nc2ccc(NC(=O)c3ccc4ccccc4c3O)cc2)nc(N2C[C@H](N)C[C@H](N)C2)n1. The molecule has 4 atom stereocenters. The van der Waals surface area contributed by atoms with Crippen LogP contribution in [0, 0.1) is 0 Å². The first-order valence-corrected chi connectivity index (χ1v) is 14.3. The van der Waals surface area contributed by atoms with Crippen molar-refractivity contribution in [3.05, 3.63) is 66.2 Å². The van der Waals surface area contributed by atoms with Crippen LogP contribution in [0.1, 0.15) is 23.2 Å². The van der Waals surface area contributed by atoms with Gasteiger partial charge >= 0.3 is 0 Å². The molecule has 13 heteroatoms. The number of anilines is 5. The third-order valence-electron chi connectivity index (χ3n) is 7.96. The molecule has 0 unspecified atom stereocenters. The molecular weight excluding hydrogens is 548 g/mol. The van der Waals surface area contributed by atoms with Crippen LogP contribution in [0.2, 0.25) is 0 Å². The first kappa shape index (κ1) is 28.6. The number of fused-ring (bicyclic) bond motifs is 1. The molecule has 0 bridgehead atoms. The molecule has 2 saturated heterocycles. The molecule has 4 aromatic rings. The van der Waals surface area contributed by atoms with Crippen LogP contribution in [0.15, 0.2) is 60.7 Å². The number of phenols is 1. The zero-order valence-corrected chi connectivity index (χ0v) is 23.6. The molecule has 3 aromatic carbocycles. The Balaban J connectivity index is 1.22. The van der Waals surface area contributed by atoms with Gasteiger partial charge in [-0.1, -0.05) is 30.3 Å². The Morgan fingerprint density at radius 2 is 1.63 bits per heavy atom. The van der Waals surface area contributed by atoms with Crippen molar-refractivity contribution in [3.8, 4) is 5.75 Å². The fourth-order valence-corrected chi connectivity index (χ4v) is 5.79. The van der Waals surface area contributed by atoms with E-state index in [4.69, 9.17) is 22.2 Å². The standard InChI is InChI=1S/C30H36N10O3/c31-14-24-25(41)11-12-40(24)30-37-28(36-29(38-30)39-15-18(32)13-19(33)16-39)35-21-8-6-20(7-9-21)34-27(43)23-10-5-17-3-1-2-4-22(17)26(23)42/h1-10,18-19,24-25,41-42H,11-16,31-33H2,(H,34,43)(H,35,36,37,38)/t18-,19+,24-,25-/m0/s1. The minimum atomic E-state index is -0.572. The van der Waals surface area contributed by atoms with Gasteiger partial charge in [-0.3, -0.25) is 4.79 Å². The largest absolute Gasteiger partial charge is 0.506 e. The molecule has 0 spiro atoms. The number of benzene rings is 3. The molecule has 224 valence electrons. The predicted octanol–water partition coefficient (Wildman–Crippen LogP) is 1.49. The first-order valence-electron chi connectivity index (χ1n) is 14.3. The second-order valence-corrected chi connectivity index (χ2v) is 11.1. The van der Waals surface area contributed by atoms with Crippen LogP contribution in [-0.2, 0) is 0 Å². The van der Waals surface area contributed by atoms with Crippen LogP contribution in [0.5, 0.6) is 5.75 Å². The summed E-state index contributed by atoms with van der Waals surface area (Å²) >= 11 is 0. The van der Waals surface area contributed by atoms with E-state index in [1.54, 1.807) is 42.5 Å². The molecule has 0 radical (unpaired) electrons. The van der Waals surface area contributed by atoms with E-state index < -0.39 is 12.0 Å². The Labute approximate surface area is 248 Å². The first-order chi connectivity index (χ1) is 20.8. The Kier molecular flexibility index (Phi) is 7.95. The molecule has 0 saturated carbocycles. The van der Waals surface area contributed by atoms with Crippen LogP contribution < -0.4 is 37.6 Å². The number of amides is 1. The van der Waals surface area contributed by atoms with Crippen molar-refractivity contribution in [1.29, 1.82) is 0 Å². The summed E-state index contributed by atoms with van der Waals surface area (Å²) in [6, 6.07) is 17.3. The van der Waals surface area contributed by atoms with E-state index in [2.05, 4.69) is 20.6 Å². The lowest BCUT2D eigenvalue weighted by atomic mass is 10.0. The maximum Gasteiger partial charge on any atom is 0.259 e. The summed E-state index contributed by atoms with van der Waals surface area (Å²) in [4.78, 5) is 30.9. The highest BCUT2D eigenvalue weighted by atomic mass is 16.3. The minimum absolute atomic E-state index is 0.0617. The van der Waals surface area contributed by atoms with E-state index in [0.29, 0.717) is 60.7 Å². The number of hydrogen-bond acceptors (Lipinski definition) is 12. The van der Waals surface area contributed by atoms with Gasteiger partial charge in [-0.2, -0.15) is 15.0 Å². The summed E-state index contributed by atoms with van der Waals surface area (Å²) in [7, 11) is 0. The number of nitrogens with two attached hydrogens (primary N) is 3. The zero-order valence-electron chi connectivity index (χ0n) is 23.6. The third-order valence-corrected chi connectivity index (χ3v) is 7.96. The van der Waals surface area contributed by atoms with E-state index in [1.165, 1.54) is 0 Å². The number of piperidine rings is 1. The van der Waals surface area contributed by atoms with E-state index >= 15 is 0 Å².